The zero-order chi connectivity index (χ0) is 16.1. The maximum absolute atomic E-state index is 11.8. The number of amides is 1. The predicted octanol–water partition coefficient (Wildman–Crippen LogP) is 3.15. The average Bonchev–Trinajstić information content (AvgIpc) is 2.47. The third-order valence-electron chi connectivity index (χ3n) is 2.81. The number of phenolic OH excluding ortho intramolecular Hbond substituents is 1. The molecule has 0 saturated heterocycles. The summed E-state index contributed by atoms with van der Waals surface area (Å²) in [7, 11) is 0. The normalized spacial score (nSPS) is 10.1. The molecule has 0 aliphatic heterocycles. The number of esters is 1. The largest absolute Gasteiger partial charge is 0.507 e. The van der Waals surface area contributed by atoms with Crippen LogP contribution in [0.25, 0.3) is 0 Å². The van der Waals surface area contributed by atoms with Gasteiger partial charge in [-0.2, -0.15) is 0 Å². The van der Waals surface area contributed by atoms with E-state index in [-0.39, 0.29) is 11.3 Å². The van der Waals surface area contributed by atoms with E-state index in [0.717, 1.165) is 5.56 Å². The molecule has 2 N–H and O–H groups in total. The summed E-state index contributed by atoms with van der Waals surface area (Å²) in [4.78, 5) is 23.6. The van der Waals surface area contributed by atoms with Crippen LogP contribution in [0.4, 0.5) is 5.69 Å². The van der Waals surface area contributed by atoms with Crippen molar-refractivity contribution in [2.24, 2.45) is 0 Å². The number of nitrogens with one attached hydrogen (secondary N) is 1. The summed E-state index contributed by atoms with van der Waals surface area (Å²) in [6.07, 6.45) is 0. The number of halogens is 1. The maximum Gasteiger partial charge on any atom is 0.342 e. The second-order valence-electron chi connectivity index (χ2n) is 4.66. The van der Waals surface area contributed by atoms with Gasteiger partial charge in [0.2, 0.25) is 0 Å². The summed E-state index contributed by atoms with van der Waals surface area (Å²) in [6, 6.07) is 11.2. The molecule has 0 saturated carbocycles. The number of rotatable bonds is 4. The van der Waals surface area contributed by atoms with E-state index < -0.39 is 18.5 Å². The highest BCUT2D eigenvalue weighted by Crippen LogP contribution is 2.19. The van der Waals surface area contributed by atoms with Crippen molar-refractivity contribution in [3.63, 3.8) is 0 Å². The number of ether oxygens (including phenoxy) is 1. The van der Waals surface area contributed by atoms with Gasteiger partial charge in [0.15, 0.2) is 6.61 Å². The molecule has 0 bridgehead atoms. The van der Waals surface area contributed by atoms with Crippen molar-refractivity contribution < 1.29 is 19.4 Å². The molecule has 0 aromatic heterocycles. The Hall–Kier alpha value is -2.53. The first-order valence-electron chi connectivity index (χ1n) is 6.48. The molecule has 1 amide bonds. The van der Waals surface area contributed by atoms with Gasteiger partial charge >= 0.3 is 5.97 Å². The van der Waals surface area contributed by atoms with Gasteiger partial charge in [-0.15, -0.1) is 0 Å². The Balaban J connectivity index is 1.93. The minimum Gasteiger partial charge on any atom is -0.507 e. The van der Waals surface area contributed by atoms with Gasteiger partial charge in [0.1, 0.15) is 11.3 Å². The van der Waals surface area contributed by atoms with Crippen LogP contribution in [-0.2, 0) is 9.53 Å². The van der Waals surface area contributed by atoms with Crippen molar-refractivity contribution in [2.45, 2.75) is 6.92 Å². The van der Waals surface area contributed by atoms with Crippen LogP contribution in [0.1, 0.15) is 15.9 Å². The molecule has 0 aliphatic carbocycles. The van der Waals surface area contributed by atoms with Crippen molar-refractivity contribution in [3.8, 4) is 5.75 Å². The van der Waals surface area contributed by atoms with Crippen LogP contribution >= 0.6 is 11.6 Å². The van der Waals surface area contributed by atoms with Crippen molar-refractivity contribution in [1.29, 1.82) is 0 Å². The van der Waals surface area contributed by atoms with E-state index in [1.54, 1.807) is 37.3 Å². The van der Waals surface area contributed by atoms with Gasteiger partial charge in [-0.05, 0) is 37.3 Å². The summed E-state index contributed by atoms with van der Waals surface area (Å²) < 4.78 is 4.88. The van der Waals surface area contributed by atoms with Crippen molar-refractivity contribution in [2.75, 3.05) is 11.9 Å². The van der Waals surface area contributed by atoms with Gasteiger partial charge in [-0.25, -0.2) is 4.79 Å². The Kier molecular flexibility index (Phi) is 5.01. The van der Waals surface area contributed by atoms with Gasteiger partial charge in [0, 0.05) is 10.7 Å². The first-order valence-corrected chi connectivity index (χ1v) is 6.85. The van der Waals surface area contributed by atoms with Crippen LogP contribution in [0.2, 0.25) is 5.02 Å². The Morgan fingerprint density at radius 3 is 2.73 bits per heavy atom. The minimum absolute atomic E-state index is 0.0237. The summed E-state index contributed by atoms with van der Waals surface area (Å²) in [5.74, 6) is -1.45. The smallest absolute Gasteiger partial charge is 0.342 e. The van der Waals surface area contributed by atoms with E-state index in [4.69, 9.17) is 16.3 Å². The molecule has 2 aromatic carbocycles. The first-order chi connectivity index (χ1) is 10.5. The van der Waals surface area contributed by atoms with Crippen molar-refractivity contribution in [3.05, 3.63) is 58.6 Å². The number of phenols is 1. The number of hydrogen-bond acceptors (Lipinski definition) is 4. The fourth-order valence-electron chi connectivity index (χ4n) is 1.79. The number of benzene rings is 2. The number of carbonyl (C=O) groups excluding carboxylic acids is 2. The molecule has 0 fully saturated rings. The van der Waals surface area contributed by atoms with Gasteiger partial charge in [0.05, 0.1) is 0 Å². The second-order valence-corrected chi connectivity index (χ2v) is 5.09. The van der Waals surface area contributed by atoms with Gasteiger partial charge in [0.25, 0.3) is 5.91 Å². The summed E-state index contributed by atoms with van der Waals surface area (Å²) in [5, 5.41) is 12.7. The lowest BCUT2D eigenvalue weighted by atomic mass is 10.1. The van der Waals surface area contributed by atoms with E-state index in [9.17, 15) is 14.7 Å². The molecule has 5 nitrogen and oxygen atoms in total. The maximum atomic E-state index is 11.8. The van der Waals surface area contributed by atoms with Crippen molar-refractivity contribution in [1.82, 2.24) is 0 Å². The number of hydrogen-bond donors (Lipinski definition) is 2. The van der Waals surface area contributed by atoms with Gasteiger partial charge < -0.3 is 15.2 Å². The molecule has 114 valence electrons. The van der Waals surface area contributed by atoms with Crippen LogP contribution in [0.3, 0.4) is 0 Å². The Morgan fingerprint density at radius 2 is 2.00 bits per heavy atom. The molecular formula is C16H14ClNO4. The third kappa shape index (κ3) is 4.23. The molecular weight excluding hydrogens is 306 g/mol. The lowest BCUT2D eigenvalue weighted by molar-refractivity contribution is -0.119. The van der Waals surface area contributed by atoms with E-state index >= 15 is 0 Å². The topological polar surface area (TPSA) is 75.6 Å². The zero-order valence-electron chi connectivity index (χ0n) is 11.8. The summed E-state index contributed by atoms with van der Waals surface area (Å²) in [6.45, 7) is 1.32. The summed E-state index contributed by atoms with van der Waals surface area (Å²) in [5.41, 5.74) is 1.33. The molecule has 6 heteroatoms. The SMILES string of the molecule is Cc1ccc(O)c(C(=O)OCC(=O)Nc2cccc(Cl)c2)c1. The molecule has 22 heavy (non-hydrogen) atoms. The van der Waals surface area contributed by atoms with Crippen LogP contribution in [0.15, 0.2) is 42.5 Å². The molecule has 0 heterocycles. The van der Waals surface area contributed by atoms with Crippen molar-refractivity contribution >= 4 is 29.2 Å². The molecule has 2 rings (SSSR count). The monoisotopic (exact) mass is 319 g/mol. The lowest BCUT2D eigenvalue weighted by Gasteiger charge is -2.08. The highest BCUT2D eigenvalue weighted by atomic mass is 35.5. The third-order valence-corrected chi connectivity index (χ3v) is 3.05. The van der Waals surface area contributed by atoms with Crippen LogP contribution in [0.5, 0.6) is 5.75 Å². The lowest BCUT2D eigenvalue weighted by Crippen LogP contribution is -2.21. The standard InChI is InChI=1S/C16H14ClNO4/c1-10-5-6-14(19)13(7-10)16(21)22-9-15(20)18-12-4-2-3-11(17)8-12/h2-8,19H,9H2,1H3,(H,18,20). The fraction of sp³-hybridized carbons (Fsp3) is 0.125. The van der Waals surface area contributed by atoms with E-state index in [2.05, 4.69) is 5.32 Å². The molecule has 0 aliphatic rings. The molecule has 0 unspecified atom stereocenters. The molecule has 0 spiro atoms. The highest BCUT2D eigenvalue weighted by Gasteiger charge is 2.14. The van der Waals surface area contributed by atoms with E-state index in [1.165, 1.54) is 12.1 Å². The number of aromatic hydroxyl groups is 1. The van der Waals surface area contributed by atoms with E-state index in [0.29, 0.717) is 10.7 Å². The number of aryl methyl sites for hydroxylation is 1. The molecule has 0 radical (unpaired) electrons. The van der Waals surface area contributed by atoms with E-state index in [1.807, 2.05) is 0 Å². The number of carbonyl (C=O) groups is 2. The molecule has 0 atom stereocenters. The van der Waals surface area contributed by atoms with Gasteiger partial charge in [-0.1, -0.05) is 29.3 Å². The Morgan fingerprint density at radius 1 is 1.23 bits per heavy atom. The first kappa shape index (κ1) is 15.9. The van der Waals surface area contributed by atoms with Crippen LogP contribution in [0, 0.1) is 6.92 Å². The highest BCUT2D eigenvalue weighted by molar-refractivity contribution is 6.30. The zero-order valence-corrected chi connectivity index (χ0v) is 12.6. The second kappa shape index (κ2) is 6.95. The predicted molar refractivity (Wildman–Crippen MR) is 83.2 cm³/mol. The van der Waals surface area contributed by atoms with Gasteiger partial charge in [-0.3, -0.25) is 4.79 Å². The fourth-order valence-corrected chi connectivity index (χ4v) is 1.98. The number of anilines is 1. The quantitative estimate of drug-likeness (QED) is 0.849. The minimum atomic E-state index is -0.762. The van der Waals surface area contributed by atoms with Crippen LogP contribution in [-0.4, -0.2) is 23.6 Å². The Bertz CT molecular complexity index is 715. The molecule has 2 aromatic rings. The summed E-state index contributed by atoms with van der Waals surface area (Å²) >= 11 is 5.80. The average molecular weight is 320 g/mol. The Labute approximate surface area is 132 Å². The van der Waals surface area contributed by atoms with Crippen LogP contribution < -0.4 is 5.32 Å².